The van der Waals surface area contributed by atoms with Gasteiger partial charge in [-0.1, -0.05) is 23.8 Å². The highest BCUT2D eigenvalue weighted by atomic mass is 16.5. The predicted octanol–water partition coefficient (Wildman–Crippen LogP) is 2.24. The van der Waals surface area contributed by atoms with Crippen LogP contribution in [0.25, 0.3) is 11.3 Å². The Morgan fingerprint density at radius 2 is 2.03 bits per heavy atom. The molecule has 0 aliphatic carbocycles. The molecule has 2 aliphatic heterocycles. The molecule has 2 aromatic rings. The molecule has 9 nitrogen and oxygen atoms in total. The number of aryl methyl sites for hydroxylation is 1. The molecule has 2 aliphatic rings. The van der Waals surface area contributed by atoms with Crippen LogP contribution in [-0.4, -0.2) is 82.5 Å². The quantitative estimate of drug-likeness (QED) is 0.548. The fourth-order valence-corrected chi connectivity index (χ4v) is 4.89. The van der Waals surface area contributed by atoms with Crippen molar-refractivity contribution in [3.63, 3.8) is 0 Å². The van der Waals surface area contributed by atoms with Gasteiger partial charge in [0.25, 0.3) is 0 Å². The van der Waals surface area contributed by atoms with Crippen LogP contribution in [0.2, 0.25) is 0 Å². The molecule has 9 heteroatoms. The molecule has 4 rings (SSSR count). The molecule has 0 spiro atoms. The van der Waals surface area contributed by atoms with Gasteiger partial charge in [0.2, 0.25) is 5.91 Å². The topological polar surface area (TPSA) is 102 Å². The van der Waals surface area contributed by atoms with Crippen LogP contribution in [0.15, 0.2) is 30.5 Å². The van der Waals surface area contributed by atoms with Gasteiger partial charge in [-0.25, -0.2) is 0 Å². The number of aliphatic hydroxyl groups is 1. The lowest BCUT2D eigenvalue weighted by Gasteiger charge is -2.36. The van der Waals surface area contributed by atoms with Crippen LogP contribution in [0.1, 0.15) is 44.9 Å². The number of hydrogen-bond donors (Lipinski definition) is 2. The maximum absolute atomic E-state index is 12.5. The standard InChI is InChI=1S/C25H37N5O4/c1-33-23-8-4-3-7-20(23)22-17-30(28-27-22)16-11-19-9-10-21(24(18-31)34-19)26-25(32)12-15-29-13-5-2-6-14-29/h3-4,7-8,17,19,21,24,31H,2,5-6,9-16,18H2,1H3,(H,26,32)/t19-,21+,24+/m1/s1. The number of piperidine rings is 1. The number of aliphatic hydroxyl groups excluding tert-OH is 1. The summed E-state index contributed by atoms with van der Waals surface area (Å²) in [5.41, 5.74) is 1.67. The number of methoxy groups -OCH3 is 1. The van der Waals surface area contributed by atoms with Crippen LogP contribution in [-0.2, 0) is 16.1 Å². The SMILES string of the molecule is COc1ccccc1-c1cn(CC[C@H]2CC[C@H](NC(=O)CCN3CCCCC3)[C@H](CO)O2)nn1. The van der Waals surface area contributed by atoms with Crippen LogP contribution in [0, 0.1) is 0 Å². The van der Waals surface area contributed by atoms with Gasteiger partial charge >= 0.3 is 0 Å². The molecule has 2 saturated heterocycles. The minimum absolute atomic E-state index is 0.0116. The number of carbonyl (C=O) groups excluding carboxylic acids is 1. The van der Waals surface area contributed by atoms with Gasteiger partial charge in [-0.3, -0.25) is 9.48 Å². The molecule has 0 saturated carbocycles. The van der Waals surface area contributed by atoms with E-state index in [0.29, 0.717) is 13.0 Å². The monoisotopic (exact) mass is 471 g/mol. The van der Waals surface area contributed by atoms with Crippen molar-refractivity contribution in [1.29, 1.82) is 0 Å². The number of hydrogen-bond acceptors (Lipinski definition) is 7. The van der Waals surface area contributed by atoms with E-state index in [9.17, 15) is 9.90 Å². The third-order valence-corrected chi connectivity index (χ3v) is 6.85. The van der Waals surface area contributed by atoms with E-state index < -0.39 is 0 Å². The molecule has 3 heterocycles. The molecule has 34 heavy (non-hydrogen) atoms. The Balaban J connectivity index is 1.22. The van der Waals surface area contributed by atoms with E-state index in [1.807, 2.05) is 35.1 Å². The molecule has 3 atom stereocenters. The normalized spacial score (nSPS) is 23.5. The van der Waals surface area contributed by atoms with Crippen molar-refractivity contribution < 1.29 is 19.4 Å². The van der Waals surface area contributed by atoms with Gasteiger partial charge in [0, 0.05) is 25.1 Å². The zero-order valence-corrected chi connectivity index (χ0v) is 20.1. The summed E-state index contributed by atoms with van der Waals surface area (Å²) in [6, 6.07) is 7.60. The second kappa shape index (κ2) is 12.3. The summed E-state index contributed by atoms with van der Waals surface area (Å²) in [6.07, 6.45) is 8.19. The van der Waals surface area contributed by atoms with Crippen LogP contribution >= 0.6 is 0 Å². The first-order valence-corrected chi connectivity index (χ1v) is 12.5. The van der Waals surface area contributed by atoms with E-state index in [1.54, 1.807) is 7.11 Å². The lowest BCUT2D eigenvalue weighted by atomic mass is 9.97. The van der Waals surface area contributed by atoms with E-state index in [-0.39, 0.29) is 30.8 Å². The highest BCUT2D eigenvalue weighted by molar-refractivity contribution is 5.76. The lowest BCUT2D eigenvalue weighted by Crippen LogP contribution is -2.51. The van der Waals surface area contributed by atoms with Crippen LogP contribution < -0.4 is 10.1 Å². The number of nitrogens with zero attached hydrogens (tertiary/aromatic N) is 4. The van der Waals surface area contributed by atoms with Crippen molar-refractivity contribution in [3.8, 4) is 17.0 Å². The Hall–Kier alpha value is -2.49. The second-order valence-electron chi connectivity index (χ2n) is 9.24. The number of amides is 1. The average Bonchev–Trinajstić information content (AvgIpc) is 3.36. The molecule has 1 aromatic heterocycles. The first-order chi connectivity index (χ1) is 16.7. The Morgan fingerprint density at radius 3 is 2.82 bits per heavy atom. The van der Waals surface area contributed by atoms with Crippen molar-refractivity contribution in [2.24, 2.45) is 0 Å². The van der Waals surface area contributed by atoms with E-state index >= 15 is 0 Å². The number of likely N-dealkylation sites (tertiary alicyclic amines) is 1. The third-order valence-electron chi connectivity index (χ3n) is 6.85. The third kappa shape index (κ3) is 6.55. The molecular weight excluding hydrogens is 434 g/mol. The van der Waals surface area contributed by atoms with Crippen molar-refractivity contribution >= 4 is 5.91 Å². The van der Waals surface area contributed by atoms with Crippen molar-refractivity contribution in [1.82, 2.24) is 25.2 Å². The van der Waals surface area contributed by atoms with E-state index in [1.165, 1.54) is 19.3 Å². The molecule has 2 fully saturated rings. The maximum atomic E-state index is 12.5. The summed E-state index contributed by atoms with van der Waals surface area (Å²) in [5, 5.41) is 21.5. The Kier molecular flexibility index (Phi) is 8.90. The summed E-state index contributed by atoms with van der Waals surface area (Å²) in [7, 11) is 1.64. The van der Waals surface area contributed by atoms with E-state index in [0.717, 1.165) is 55.9 Å². The lowest BCUT2D eigenvalue weighted by molar-refractivity contribution is -0.129. The Morgan fingerprint density at radius 1 is 1.21 bits per heavy atom. The number of rotatable bonds is 10. The summed E-state index contributed by atoms with van der Waals surface area (Å²) < 4.78 is 13.4. The summed E-state index contributed by atoms with van der Waals surface area (Å²) in [6.45, 7) is 3.55. The molecular formula is C25H37N5O4. The number of ether oxygens (including phenoxy) is 2. The van der Waals surface area contributed by atoms with Gasteiger partial charge in [-0.2, -0.15) is 0 Å². The molecule has 1 amide bonds. The number of para-hydroxylation sites is 1. The zero-order valence-electron chi connectivity index (χ0n) is 20.1. The van der Waals surface area contributed by atoms with Gasteiger partial charge in [-0.15, -0.1) is 5.10 Å². The van der Waals surface area contributed by atoms with Crippen LogP contribution in [0.5, 0.6) is 5.75 Å². The van der Waals surface area contributed by atoms with E-state index in [2.05, 4.69) is 20.5 Å². The molecule has 0 bridgehead atoms. The first-order valence-electron chi connectivity index (χ1n) is 12.5. The fraction of sp³-hybridized carbons (Fsp3) is 0.640. The van der Waals surface area contributed by atoms with E-state index in [4.69, 9.17) is 9.47 Å². The zero-order chi connectivity index (χ0) is 23.8. The minimum atomic E-state index is -0.377. The van der Waals surface area contributed by atoms with Crippen molar-refractivity contribution in [2.45, 2.75) is 69.7 Å². The molecule has 0 radical (unpaired) electrons. The van der Waals surface area contributed by atoms with Gasteiger partial charge < -0.3 is 24.8 Å². The smallest absolute Gasteiger partial charge is 0.221 e. The minimum Gasteiger partial charge on any atom is -0.496 e. The highest BCUT2D eigenvalue weighted by Crippen LogP contribution is 2.28. The van der Waals surface area contributed by atoms with Crippen LogP contribution in [0.3, 0.4) is 0 Å². The van der Waals surface area contributed by atoms with Crippen molar-refractivity contribution in [2.75, 3.05) is 33.4 Å². The highest BCUT2D eigenvalue weighted by Gasteiger charge is 2.32. The second-order valence-corrected chi connectivity index (χ2v) is 9.24. The van der Waals surface area contributed by atoms with Gasteiger partial charge in [0.1, 0.15) is 17.5 Å². The van der Waals surface area contributed by atoms with Gasteiger partial charge in [0.15, 0.2) is 0 Å². The largest absolute Gasteiger partial charge is 0.496 e. The summed E-state index contributed by atoms with van der Waals surface area (Å²) in [5.74, 6) is 0.808. The Labute approximate surface area is 201 Å². The summed E-state index contributed by atoms with van der Waals surface area (Å²) in [4.78, 5) is 14.8. The molecule has 1 aromatic carbocycles. The summed E-state index contributed by atoms with van der Waals surface area (Å²) >= 11 is 0. The number of carbonyl (C=O) groups is 1. The van der Waals surface area contributed by atoms with Gasteiger partial charge in [-0.05, 0) is 57.3 Å². The van der Waals surface area contributed by atoms with Crippen LogP contribution in [0.4, 0.5) is 0 Å². The average molecular weight is 472 g/mol. The molecule has 186 valence electrons. The van der Waals surface area contributed by atoms with Crippen molar-refractivity contribution in [3.05, 3.63) is 30.5 Å². The number of aromatic nitrogens is 3. The fourth-order valence-electron chi connectivity index (χ4n) is 4.89. The molecule has 0 unspecified atom stereocenters. The number of benzene rings is 1. The molecule has 2 N–H and O–H groups in total. The maximum Gasteiger partial charge on any atom is 0.221 e. The predicted molar refractivity (Wildman–Crippen MR) is 128 cm³/mol. The number of nitrogens with one attached hydrogen (secondary N) is 1. The Bertz CT molecular complexity index is 914. The first kappa shape index (κ1) is 24.6. The van der Waals surface area contributed by atoms with Gasteiger partial charge in [0.05, 0.1) is 32.1 Å².